The Morgan fingerprint density at radius 2 is 2.29 bits per heavy atom. The molecule has 5 heteroatoms. The molecule has 3 nitrogen and oxygen atoms in total. The molecule has 3 rings (SSSR count). The minimum Gasteiger partial charge on any atom is -0.342 e. The average Bonchev–Trinajstić information content (AvgIpc) is 2.93. The summed E-state index contributed by atoms with van der Waals surface area (Å²) in [7, 11) is 0. The Kier molecular flexibility index (Phi) is 4.93. The van der Waals surface area contributed by atoms with Crippen LogP contribution in [0.3, 0.4) is 0 Å². The Bertz CT molecular complexity index is 571. The maximum absolute atomic E-state index is 12.4. The molecule has 0 bridgehead atoms. The minimum absolute atomic E-state index is 0.218. The van der Waals surface area contributed by atoms with Gasteiger partial charge in [0.1, 0.15) is 0 Å². The third-order valence-corrected chi connectivity index (χ3v) is 6.08. The monoisotopic (exact) mass is 318 g/mol. The van der Waals surface area contributed by atoms with Crippen LogP contribution in [0.2, 0.25) is 0 Å². The van der Waals surface area contributed by atoms with Gasteiger partial charge in [-0.3, -0.25) is 9.78 Å². The molecule has 1 amide bonds. The molecule has 1 fully saturated rings. The van der Waals surface area contributed by atoms with E-state index in [1.165, 1.54) is 4.88 Å². The van der Waals surface area contributed by atoms with Crippen molar-refractivity contribution in [2.75, 3.05) is 18.8 Å². The lowest BCUT2D eigenvalue weighted by molar-refractivity contribution is -0.130. The van der Waals surface area contributed by atoms with E-state index in [2.05, 4.69) is 22.5 Å². The Morgan fingerprint density at radius 1 is 1.33 bits per heavy atom. The summed E-state index contributed by atoms with van der Waals surface area (Å²) < 4.78 is 0. The molecule has 0 saturated carbocycles. The normalized spacial score (nSPS) is 19.2. The number of amides is 1. The van der Waals surface area contributed by atoms with Crippen LogP contribution in [0.4, 0.5) is 0 Å². The van der Waals surface area contributed by atoms with Gasteiger partial charge in [-0.15, -0.1) is 11.3 Å². The highest BCUT2D eigenvalue weighted by molar-refractivity contribution is 7.99. The highest BCUT2D eigenvalue weighted by atomic mass is 32.2. The molecule has 110 valence electrons. The SMILES string of the molecule is O=C(Cc1cccnc1)N1CCSC(c2cccs2)CC1. The second kappa shape index (κ2) is 7.09. The van der Waals surface area contributed by atoms with Crippen molar-refractivity contribution in [3.05, 3.63) is 52.5 Å². The van der Waals surface area contributed by atoms with Crippen molar-refractivity contribution in [3.63, 3.8) is 0 Å². The molecule has 0 N–H and O–H groups in total. The van der Waals surface area contributed by atoms with Crippen molar-refractivity contribution in [2.45, 2.75) is 18.1 Å². The van der Waals surface area contributed by atoms with Crippen LogP contribution in [0.5, 0.6) is 0 Å². The number of hydrogen-bond donors (Lipinski definition) is 0. The van der Waals surface area contributed by atoms with E-state index in [4.69, 9.17) is 0 Å². The van der Waals surface area contributed by atoms with E-state index in [-0.39, 0.29) is 5.91 Å². The van der Waals surface area contributed by atoms with Gasteiger partial charge in [0.05, 0.1) is 6.42 Å². The smallest absolute Gasteiger partial charge is 0.227 e. The van der Waals surface area contributed by atoms with E-state index in [1.54, 1.807) is 12.4 Å². The molecule has 0 aliphatic carbocycles. The molecule has 1 aliphatic rings. The number of aromatic nitrogens is 1. The fourth-order valence-electron chi connectivity index (χ4n) is 2.51. The van der Waals surface area contributed by atoms with E-state index in [0.717, 1.165) is 30.8 Å². The van der Waals surface area contributed by atoms with Crippen LogP contribution in [-0.2, 0) is 11.2 Å². The number of rotatable bonds is 3. The fourth-order valence-corrected chi connectivity index (χ4v) is 4.75. The van der Waals surface area contributed by atoms with Gasteiger partial charge >= 0.3 is 0 Å². The number of thiophene rings is 1. The number of thioether (sulfide) groups is 1. The van der Waals surface area contributed by atoms with Gasteiger partial charge in [-0.25, -0.2) is 0 Å². The Hall–Kier alpha value is -1.33. The molecule has 1 aliphatic heterocycles. The predicted molar refractivity (Wildman–Crippen MR) is 88.7 cm³/mol. The number of nitrogens with zero attached hydrogens (tertiary/aromatic N) is 2. The lowest BCUT2D eigenvalue weighted by Gasteiger charge is -2.20. The summed E-state index contributed by atoms with van der Waals surface area (Å²) in [5.41, 5.74) is 0.995. The zero-order valence-corrected chi connectivity index (χ0v) is 13.4. The second-order valence-electron chi connectivity index (χ2n) is 5.08. The zero-order valence-electron chi connectivity index (χ0n) is 11.8. The molecule has 0 radical (unpaired) electrons. The summed E-state index contributed by atoms with van der Waals surface area (Å²) >= 11 is 3.79. The lowest BCUT2D eigenvalue weighted by atomic mass is 10.2. The maximum atomic E-state index is 12.4. The van der Waals surface area contributed by atoms with Gasteiger partial charge in [0.25, 0.3) is 0 Å². The van der Waals surface area contributed by atoms with Crippen LogP contribution in [0.25, 0.3) is 0 Å². The maximum Gasteiger partial charge on any atom is 0.227 e. The van der Waals surface area contributed by atoms with Gasteiger partial charge in [-0.1, -0.05) is 12.1 Å². The molecule has 1 unspecified atom stereocenters. The second-order valence-corrected chi connectivity index (χ2v) is 7.37. The van der Waals surface area contributed by atoms with E-state index in [1.807, 2.05) is 40.1 Å². The third kappa shape index (κ3) is 3.86. The standard InChI is InChI=1S/C16H18N2OS2/c19-16(11-13-3-1-6-17-12-13)18-7-5-15(21-10-8-18)14-4-2-9-20-14/h1-4,6,9,12,15H,5,7-8,10-11H2. The number of carbonyl (C=O) groups is 1. The van der Waals surface area contributed by atoms with E-state index < -0.39 is 0 Å². The van der Waals surface area contributed by atoms with E-state index in [0.29, 0.717) is 11.7 Å². The van der Waals surface area contributed by atoms with Crippen LogP contribution in [-0.4, -0.2) is 34.6 Å². The summed E-state index contributed by atoms with van der Waals surface area (Å²) in [6.07, 6.45) is 5.02. The van der Waals surface area contributed by atoms with Gasteiger partial charge in [0.2, 0.25) is 5.91 Å². The van der Waals surface area contributed by atoms with E-state index >= 15 is 0 Å². The van der Waals surface area contributed by atoms with Crippen molar-refractivity contribution in [1.82, 2.24) is 9.88 Å². The molecule has 21 heavy (non-hydrogen) atoms. The summed E-state index contributed by atoms with van der Waals surface area (Å²) in [5, 5.41) is 2.67. The van der Waals surface area contributed by atoms with Gasteiger partial charge in [-0.2, -0.15) is 11.8 Å². The third-order valence-electron chi connectivity index (χ3n) is 3.63. The highest BCUT2D eigenvalue weighted by Gasteiger charge is 2.22. The minimum atomic E-state index is 0.218. The Labute approximate surface area is 133 Å². The number of hydrogen-bond acceptors (Lipinski definition) is 4. The molecule has 1 saturated heterocycles. The van der Waals surface area contributed by atoms with Gasteiger partial charge in [-0.05, 0) is 29.5 Å². The van der Waals surface area contributed by atoms with Gasteiger partial charge < -0.3 is 4.90 Å². The van der Waals surface area contributed by atoms with Crippen molar-refractivity contribution in [2.24, 2.45) is 0 Å². The molecular formula is C16H18N2OS2. The first-order valence-corrected chi connectivity index (χ1v) is 9.07. The van der Waals surface area contributed by atoms with Crippen LogP contribution in [0, 0.1) is 0 Å². The van der Waals surface area contributed by atoms with Crippen LogP contribution in [0.15, 0.2) is 42.0 Å². The lowest BCUT2D eigenvalue weighted by Crippen LogP contribution is -2.34. The van der Waals surface area contributed by atoms with Gasteiger partial charge in [0.15, 0.2) is 0 Å². The molecule has 0 aromatic carbocycles. The molecule has 2 aromatic rings. The predicted octanol–water partition coefficient (Wildman–Crippen LogP) is 3.39. The van der Waals surface area contributed by atoms with Crippen molar-refractivity contribution in [1.29, 1.82) is 0 Å². The molecule has 1 atom stereocenters. The van der Waals surface area contributed by atoms with Gasteiger partial charge in [0, 0.05) is 41.4 Å². The Morgan fingerprint density at radius 3 is 3.05 bits per heavy atom. The van der Waals surface area contributed by atoms with Crippen molar-refractivity contribution < 1.29 is 4.79 Å². The molecule has 2 aromatic heterocycles. The van der Waals surface area contributed by atoms with Crippen LogP contribution >= 0.6 is 23.1 Å². The molecule has 0 spiro atoms. The summed E-state index contributed by atoms with van der Waals surface area (Å²) in [6.45, 7) is 1.71. The quantitative estimate of drug-likeness (QED) is 0.870. The fraction of sp³-hybridized carbons (Fsp3) is 0.375. The number of carbonyl (C=O) groups excluding carboxylic acids is 1. The first-order chi connectivity index (χ1) is 10.3. The molecular weight excluding hydrogens is 300 g/mol. The van der Waals surface area contributed by atoms with E-state index in [9.17, 15) is 4.79 Å². The topological polar surface area (TPSA) is 33.2 Å². The zero-order chi connectivity index (χ0) is 14.5. The van der Waals surface area contributed by atoms with Crippen LogP contribution in [0.1, 0.15) is 22.1 Å². The van der Waals surface area contributed by atoms with Crippen molar-refractivity contribution >= 4 is 29.0 Å². The first-order valence-electron chi connectivity index (χ1n) is 7.14. The number of pyridine rings is 1. The highest BCUT2D eigenvalue weighted by Crippen LogP contribution is 2.36. The first kappa shape index (κ1) is 14.6. The average molecular weight is 318 g/mol. The summed E-state index contributed by atoms with van der Waals surface area (Å²) in [4.78, 5) is 19.9. The molecule has 3 heterocycles. The van der Waals surface area contributed by atoms with Crippen molar-refractivity contribution in [3.8, 4) is 0 Å². The summed E-state index contributed by atoms with van der Waals surface area (Å²) in [5.74, 6) is 1.23. The Balaban J connectivity index is 1.58. The largest absolute Gasteiger partial charge is 0.342 e. The van der Waals surface area contributed by atoms with Crippen LogP contribution < -0.4 is 0 Å². The summed E-state index contributed by atoms with van der Waals surface area (Å²) in [6, 6.07) is 8.16.